The SMILES string of the molecule is CC(CCN(C)c1ccc2nc[nH]c2c1)C(=O)O. The lowest BCUT2D eigenvalue weighted by atomic mass is 10.1. The van der Waals surface area contributed by atoms with Gasteiger partial charge in [-0.2, -0.15) is 0 Å². The molecule has 0 aliphatic rings. The number of hydrogen-bond acceptors (Lipinski definition) is 3. The van der Waals surface area contributed by atoms with Crippen LogP contribution in [-0.4, -0.2) is 34.6 Å². The molecule has 1 aromatic heterocycles. The number of nitrogens with one attached hydrogen (secondary N) is 1. The summed E-state index contributed by atoms with van der Waals surface area (Å²) < 4.78 is 0. The van der Waals surface area contributed by atoms with E-state index in [-0.39, 0.29) is 5.92 Å². The van der Waals surface area contributed by atoms with E-state index in [2.05, 4.69) is 14.9 Å². The Morgan fingerprint density at radius 1 is 1.56 bits per heavy atom. The maximum atomic E-state index is 10.8. The number of aliphatic carboxylic acids is 1. The quantitative estimate of drug-likeness (QED) is 0.849. The molecule has 0 bridgehead atoms. The van der Waals surface area contributed by atoms with Gasteiger partial charge in [-0.05, 0) is 24.6 Å². The van der Waals surface area contributed by atoms with Crippen LogP contribution < -0.4 is 4.90 Å². The summed E-state index contributed by atoms with van der Waals surface area (Å²) >= 11 is 0. The van der Waals surface area contributed by atoms with Crippen molar-refractivity contribution in [3.63, 3.8) is 0 Å². The number of carbonyl (C=O) groups is 1. The van der Waals surface area contributed by atoms with Crippen molar-refractivity contribution in [2.75, 3.05) is 18.5 Å². The van der Waals surface area contributed by atoms with Crippen LogP contribution >= 0.6 is 0 Å². The zero-order chi connectivity index (χ0) is 13.1. The van der Waals surface area contributed by atoms with Crippen LogP contribution in [-0.2, 0) is 4.79 Å². The second kappa shape index (κ2) is 5.08. The highest BCUT2D eigenvalue weighted by Crippen LogP contribution is 2.19. The Morgan fingerprint density at radius 3 is 3.06 bits per heavy atom. The molecule has 96 valence electrons. The largest absolute Gasteiger partial charge is 0.481 e. The summed E-state index contributed by atoms with van der Waals surface area (Å²) in [5.41, 5.74) is 2.99. The molecular weight excluding hydrogens is 230 g/mol. The number of carboxylic acid groups (broad SMARTS) is 1. The molecule has 18 heavy (non-hydrogen) atoms. The molecule has 0 radical (unpaired) electrons. The van der Waals surface area contributed by atoms with Gasteiger partial charge in [-0.25, -0.2) is 4.98 Å². The lowest BCUT2D eigenvalue weighted by Crippen LogP contribution is -2.22. The third kappa shape index (κ3) is 2.61. The van der Waals surface area contributed by atoms with Crippen molar-refractivity contribution in [3.8, 4) is 0 Å². The Balaban J connectivity index is 2.03. The molecule has 0 aliphatic heterocycles. The number of H-pyrrole nitrogens is 1. The Morgan fingerprint density at radius 2 is 2.33 bits per heavy atom. The third-order valence-corrected chi connectivity index (χ3v) is 3.16. The third-order valence-electron chi connectivity index (χ3n) is 3.16. The second-order valence-corrected chi connectivity index (χ2v) is 4.55. The fourth-order valence-electron chi connectivity index (χ4n) is 1.80. The first-order valence-corrected chi connectivity index (χ1v) is 5.95. The van der Waals surface area contributed by atoms with Crippen LogP contribution in [0.3, 0.4) is 0 Å². The lowest BCUT2D eigenvalue weighted by Gasteiger charge is -2.20. The lowest BCUT2D eigenvalue weighted by molar-refractivity contribution is -0.141. The molecule has 1 heterocycles. The van der Waals surface area contributed by atoms with Crippen LogP contribution in [0.1, 0.15) is 13.3 Å². The van der Waals surface area contributed by atoms with Crippen molar-refractivity contribution >= 4 is 22.7 Å². The number of anilines is 1. The van der Waals surface area contributed by atoms with Crippen LogP contribution in [0.2, 0.25) is 0 Å². The molecule has 0 fully saturated rings. The molecule has 0 saturated carbocycles. The number of hydrogen-bond donors (Lipinski definition) is 2. The minimum absolute atomic E-state index is 0.316. The van der Waals surface area contributed by atoms with Gasteiger partial charge in [0.1, 0.15) is 0 Å². The first-order valence-electron chi connectivity index (χ1n) is 5.95. The average Bonchev–Trinajstić information content (AvgIpc) is 2.82. The number of aromatic nitrogens is 2. The van der Waals surface area contributed by atoms with E-state index >= 15 is 0 Å². The zero-order valence-corrected chi connectivity index (χ0v) is 10.6. The average molecular weight is 247 g/mol. The number of rotatable bonds is 5. The van der Waals surface area contributed by atoms with Gasteiger partial charge in [0.15, 0.2) is 0 Å². The number of aromatic amines is 1. The van der Waals surface area contributed by atoms with E-state index in [0.29, 0.717) is 13.0 Å². The molecule has 2 N–H and O–H groups in total. The van der Waals surface area contributed by atoms with Crippen molar-refractivity contribution < 1.29 is 9.90 Å². The normalized spacial score (nSPS) is 12.6. The van der Waals surface area contributed by atoms with E-state index in [1.165, 1.54) is 0 Å². The van der Waals surface area contributed by atoms with Gasteiger partial charge in [0, 0.05) is 19.3 Å². The Bertz CT molecular complexity index is 550. The minimum Gasteiger partial charge on any atom is -0.481 e. The topological polar surface area (TPSA) is 69.2 Å². The van der Waals surface area contributed by atoms with Gasteiger partial charge in [0.2, 0.25) is 0 Å². The molecule has 5 heteroatoms. The summed E-state index contributed by atoms with van der Waals surface area (Å²) in [4.78, 5) is 20.0. The van der Waals surface area contributed by atoms with Gasteiger partial charge in [-0.1, -0.05) is 6.92 Å². The molecule has 1 atom stereocenters. The monoisotopic (exact) mass is 247 g/mol. The number of carboxylic acids is 1. The number of benzene rings is 1. The fourth-order valence-corrected chi connectivity index (χ4v) is 1.80. The van der Waals surface area contributed by atoms with E-state index in [1.54, 1.807) is 13.3 Å². The highest BCUT2D eigenvalue weighted by Gasteiger charge is 2.12. The van der Waals surface area contributed by atoms with Crippen LogP contribution in [0.25, 0.3) is 11.0 Å². The van der Waals surface area contributed by atoms with E-state index in [4.69, 9.17) is 5.11 Å². The summed E-state index contributed by atoms with van der Waals surface area (Å²) in [5.74, 6) is -1.06. The van der Waals surface area contributed by atoms with E-state index in [1.807, 2.05) is 25.2 Å². The Hall–Kier alpha value is -2.04. The van der Waals surface area contributed by atoms with Gasteiger partial charge in [-0.3, -0.25) is 4.79 Å². The van der Waals surface area contributed by atoms with Crippen molar-refractivity contribution in [2.24, 2.45) is 5.92 Å². The molecule has 2 rings (SSSR count). The predicted molar refractivity (Wildman–Crippen MR) is 70.8 cm³/mol. The maximum Gasteiger partial charge on any atom is 0.306 e. The van der Waals surface area contributed by atoms with Crippen LogP contribution in [0, 0.1) is 5.92 Å². The summed E-state index contributed by atoms with van der Waals surface area (Å²) in [7, 11) is 1.96. The van der Waals surface area contributed by atoms with E-state index < -0.39 is 5.97 Å². The van der Waals surface area contributed by atoms with Gasteiger partial charge in [-0.15, -0.1) is 0 Å². The molecule has 0 saturated heterocycles. The molecule has 0 amide bonds. The molecule has 5 nitrogen and oxygen atoms in total. The van der Waals surface area contributed by atoms with Crippen LogP contribution in [0.15, 0.2) is 24.5 Å². The van der Waals surface area contributed by atoms with Gasteiger partial charge >= 0.3 is 5.97 Å². The number of fused-ring (bicyclic) bond motifs is 1. The summed E-state index contributed by atoms with van der Waals surface area (Å²) in [6, 6.07) is 5.97. The van der Waals surface area contributed by atoms with E-state index in [9.17, 15) is 4.79 Å². The first kappa shape index (κ1) is 12.4. The summed E-state index contributed by atoms with van der Waals surface area (Å²) in [6.45, 7) is 2.45. The van der Waals surface area contributed by atoms with Gasteiger partial charge in [0.05, 0.1) is 23.3 Å². The van der Waals surface area contributed by atoms with Gasteiger partial charge in [0.25, 0.3) is 0 Å². The zero-order valence-electron chi connectivity index (χ0n) is 10.6. The van der Waals surface area contributed by atoms with Crippen molar-refractivity contribution in [2.45, 2.75) is 13.3 Å². The second-order valence-electron chi connectivity index (χ2n) is 4.55. The standard InChI is InChI=1S/C13H17N3O2/c1-9(13(17)18)5-6-16(2)10-3-4-11-12(7-10)15-8-14-11/h3-4,7-9H,5-6H2,1-2H3,(H,14,15)(H,17,18). The summed E-state index contributed by atoms with van der Waals surface area (Å²) in [5, 5.41) is 8.85. The van der Waals surface area contributed by atoms with Crippen molar-refractivity contribution in [1.29, 1.82) is 0 Å². The Labute approximate surface area is 105 Å². The predicted octanol–water partition coefficient (Wildman–Crippen LogP) is 2.11. The van der Waals surface area contributed by atoms with Crippen LogP contribution in [0.4, 0.5) is 5.69 Å². The van der Waals surface area contributed by atoms with Crippen molar-refractivity contribution in [1.82, 2.24) is 9.97 Å². The fraction of sp³-hybridized carbons (Fsp3) is 0.385. The van der Waals surface area contributed by atoms with E-state index in [0.717, 1.165) is 16.7 Å². The minimum atomic E-state index is -0.743. The van der Waals surface area contributed by atoms with Crippen molar-refractivity contribution in [3.05, 3.63) is 24.5 Å². The highest BCUT2D eigenvalue weighted by molar-refractivity contribution is 5.79. The maximum absolute atomic E-state index is 10.8. The molecule has 1 aromatic carbocycles. The molecule has 2 aromatic rings. The Kier molecular flexibility index (Phi) is 3.50. The molecule has 0 aliphatic carbocycles. The first-order chi connectivity index (χ1) is 8.58. The number of nitrogens with zero attached hydrogens (tertiary/aromatic N) is 2. The van der Waals surface area contributed by atoms with Gasteiger partial charge < -0.3 is 15.0 Å². The molecule has 0 spiro atoms. The smallest absolute Gasteiger partial charge is 0.306 e. The molecule has 1 unspecified atom stereocenters. The number of imidazole rings is 1. The van der Waals surface area contributed by atoms with Crippen LogP contribution in [0.5, 0.6) is 0 Å². The summed E-state index contributed by atoms with van der Waals surface area (Å²) in [6.07, 6.45) is 2.30. The highest BCUT2D eigenvalue weighted by atomic mass is 16.4. The molecular formula is C13H17N3O2.